The quantitative estimate of drug-likeness (QED) is 0.442. The molecule has 1 aliphatic carbocycles. The third-order valence-corrected chi connectivity index (χ3v) is 7.62. The van der Waals surface area contributed by atoms with Crippen LogP contribution in [0.2, 0.25) is 0 Å². The van der Waals surface area contributed by atoms with E-state index in [0.29, 0.717) is 5.92 Å². The van der Waals surface area contributed by atoms with E-state index in [1.807, 2.05) is 0 Å². The van der Waals surface area contributed by atoms with Crippen LogP contribution in [0.4, 0.5) is 0 Å². The minimum absolute atomic E-state index is 0.0877. The minimum atomic E-state index is 0.0877. The predicted molar refractivity (Wildman–Crippen MR) is 136 cm³/mol. The molecule has 174 valence electrons. The summed E-state index contributed by atoms with van der Waals surface area (Å²) in [4.78, 5) is 23.4. The van der Waals surface area contributed by atoms with Gasteiger partial charge in [-0.15, -0.1) is 0 Å². The van der Waals surface area contributed by atoms with E-state index in [1.54, 1.807) is 0 Å². The normalized spacial score (nSPS) is 17.2. The van der Waals surface area contributed by atoms with Gasteiger partial charge in [-0.25, -0.2) is 4.98 Å². The second-order valence-electron chi connectivity index (χ2n) is 9.96. The Balaban J connectivity index is 1.26. The number of nitrogens with zero attached hydrogens (tertiary/aromatic N) is 3. The van der Waals surface area contributed by atoms with Gasteiger partial charge in [0.2, 0.25) is 0 Å². The first-order valence-corrected chi connectivity index (χ1v) is 12.7. The van der Waals surface area contributed by atoms with Crippen molar-refractivity contribution in [1.29, 1.82) is 0 Å². The summed E-state index contributed by atoms with van der Waals surface area (Å²) >= 11 is 0. The molecule has 2 aromatic carbocycles. The molecule has 6 rings (SSSR count). The van der Waals surface area contributed by atoms with Crippen molar-refractivity contribution in [2.24, 2.45) is 0 Å². The molecule has 4 aromatic rings. The monoisotopic (exact) mass is 452 g/mol. The first-order chi connectivity index (χ1) is 16.7. The Hall–Kier alpha value is -3.18. The Morgan fingerprint density at radius 3 is 2.59 bits per heavy atom. The molecule has 1 aliphatic heterocycles. The lowest BCUT2D eigenvalue weighted by Crippen LogP contribution is -2.35. The average molecular weight is 453 g/mol. The fraction of sp³-hybridized carbons (Fsp3) is 0.379. The van der Waals surface area contributed by atoms with E-state index in [4.69, 9.17) is 4.98 Å². The summed E-state index contributed by atoms with van der Waals surface area (Å²) in [5.74, 6) is 1.34. The number of para-hydroxylation sites is 1. The molecular weight excluding hydrogens is 420 g/mol. The number of hydrogen-bond acceptors (Lipinski definition) is 3. The fourth-order valence-corrected chi connectivity index (χ4v) is 5.82. The van der Waals surface area contributed by atoms with Crippen molar-refractivity contribution >= 4 is 10.9 Å². The minimum Gasteiger partial charge on any atom is -0.343 e. The molecule has 2 aromatic heterocycles. The van der Waals surface area contributed by atoms with Crippen LogP contribution in [0.5, 0.6) is 0 Å². The molecule has 1 saturated carbocycles. The van der Waals surface area contributed by atoms with E-state index in [2.05, 4.69) is 75.2 Å². The number of rotatable bonds is 5. The zero-order valence-corrected chi connectivity index (χ0v) is 19.7. The molecule has 34 heavy (non-hydrogen) atoms. The van der Waals surface area contributed by atoms with Gasteiger partial charge < -0.3 is 9.55 Å². The van der Waals surface area contributed by atoms with Gasteiger partial charge >= 0.3 is 0 Å². The van der Waals surface area contributed by atoms with E-state index >= 15 is 0 Å². The van der Waals surface area contributed by atoms with Crippen molar-refractivity contribution in [2.75, 3.05) is 6.54 Å². The lowest BCUT2D eigenvalue weighted by molar-refractivity contribution is 0.240. The highest BCUT2D eigenvalue weighted by Gasteiger charge is 2.25. The zero-order valence-electron chi connectivity index (χ0n) is 19.7. The molecule has 2 aliphatic rings. The average Bonchev–Trinajstić information content (AvgIpc) is 3.22. The number of fused-ring (bicyclic) bond motifs is 2. The molecule has 1 fully saturated rings. The molecule has 1 N–H and O–H groups in total. The van der Waals surface area contributed by atoms with Gasteiger partial charge in [-0.3, -0.25) is 9.69 Å². The van der Waals surface area contributed by atoms with Crippen LogP contribution in [0.1, 0.15) is 66.2 Å². The van der Waals surface area contributed by atoms with E-state index in [1.165, 1.54) is 41.3 Å². The van der Waals surface area contributed by atoms with Gasteiger partial charge in [0, 0.05) is 54.8 Å². The van der Waals surface area contributed by atoms with Crippen molar-refractivity contribution in [3.8, 4) is 0 Å². The number of aromatic amines is 1. The van der Waals surface area contributed by atoms with Crippen LogP contribution in [0.3, 0.4) is 0 Å². The molecule has 0 bridgehead atoms. The fourth-order valence-electron chi connectivity index (χ4n) is 5.82. The molecule has 0 atom stereocenters. The zero-order chi connectivity index (χ0) is 22.9. The van der Waals surface area contributed by atoms with E-state index in [-0.39, 0.29) is 5.56 Å². The maximum absolute atomic E-state index is 12.8. The van der Waals surface area contributed by atoms with Crippen LogP contribution in [-0.2, 0) is 26.1 Å². The SMILES string of the molecule is O=c1[nH]c(C2CCCCC2)nc2c1CCN(Cc1cn(Cc3ccccc3)c3ccccc13)C2. The molecule has 0 saturated heterocycles. The molecule has 0 unspecified atom stereocenters. The Labute approximate surface area is 200 Å². The highest BCUT2D eigenvalue weighted by molar-refractivity contribution is 5.84. The summed E-state index contributed by atoms with van der Waals surface area (Å²) in [7, 11) is 0. The Kier molecular flexibility index (Phi) is 5.79. The molecule has 5 heteroatoms. The smallest absolute Gasteiger partial charge is 0.254 e. The summed E-state index contributed by atoms with van der Waals surface area (Å²) < 4.78 is 2.36. The van der Waals surface area contributed by atoms with E-state index in [0.717, 1.165) is 62.5 Å². The number of H-pyrrole nitrogens is 1. The van der Waals surface area contributed by atoms with Crippen molar-refractivity contribution in [1.82, 2.24) is 19.4 Å². The van der Waals surface area contributed by atoms with Crippen molar-refractivity contribution in [3.63, 3.8) is 0 Å². The third kappa shape index (κ3) is 4.21. The Morgan fingerprint density at radius 1 is 0.941 bits per heavy atom. The summed E-state index contributed by atoms with van der Waals surface area (Å²) in [6, 6.07) is 19.3. The van der Waals surface area contributed by atoms with Gasteiger partial charge in [-0.05, 0) is 36.5 Å². The van der Waals surface area contributed by atoms with Crippen LogP contribution in [0, 0.1) is 0 Å². The molecular formula is C29H32N4O. The number of aromatic nitrogens is 3. The summed E-state index contributed by atoms with van der Waals surface area (Å²) in [5.41, 5.74) is 5.89. The largest absolute Gasteiger partial charge is 0.343 e. The van der Waals surface area contributed by atoms with E-state index < -0.39 is 0 Å². The van der Waals surface area contributed by atoms with Gasteiger partial charge in [0.1, 0.15) is 5.82 Å². The maximum Gasteiger partial charge on any atom is 0.254 e. The number of benzene rings is 2. The van der Waals surface area contributed by atoms with Gasteiger partial charge in [-0.1, -0.05) is 67.8 Å². The molecule has 0 radical (unpaired) electrons. The molecule has 3 heterocycles. The van der Waals surface area contributed by atoms with Crippen LogP contribution in [0.25, 0.3) is 10.9 Å². The van der Waals surface area contributed by atoms with Gasteiger partial charge in [0.15, 0.2) is 0 Å². The first-order valence-electron chi connectivity index (χ1n) is 12.7. The topological polar surface area (TPSA) is 53.9 Å². The van der Waals surface area contributed by atoms with Gasteiger partial charge in [-0.2, -0.15) is 0 Å². The Morgan fingerprint density at radius 2 is 1.74 bits per heavy atom. The van der Waals surface area contributed by atoms with Gasteiger partial charge in [0.05, 0.1) is 5.69 Å². The molecule has 5 nitrogen and oxygen atoms in total. The first kappa shape index (κ1) is 21.4. The highest BCUT2D eigenvalue weighted by Crippen LogP contribution is 2.31. The van der Waals surface area contributed by atoms with Crippen molar-refractivity contribution in [2.45, 2.75) is 64.1 Å². The highest BCUT2D eigenvalue weighted by atomic mass is 16.1. The third-order valence-electron chi connectivity index (χ3n) is 7.62. The van der Waals surface area contributed by atoms with Crippen molar-refractivity contribution < 1.29 is 0 Å². The Bertz CT molecular complexity index is 1350. The number of hydrogen-bond donors (Lipinski definition) is 1. The van der Waals surface area contributed by atoms with Gasteiger partial charge in [0.25, 0.3) is 5.56 Å². The maximum atomic E-state index is 12.8. The van der Waals surface area contributed by atoms with E-state index in [9.17, 15) is 4.79 Å². The second-order valence-corrected chi connectivity index (χ2v) is 9.96. The second kappa shape index (κ2) is 9.22. The van der Waals surface area contributed by atoms with Crippen LogP contribution < -0.4 is 5.56 Å². The lowest BCUT2D eigenvalue weighted by Gasteiger charge is -2.28. The predicted octanol–water partition coefficient (Wildman–Crippen LogP) is 5.38. The van der Waals surface area contributed by atoms with Crippen LogP contribution in [-0.4, -0.2) is 26.0 Å². The standard InChI is InChI=1S/C29H32N4O/c34-29-25-15-16-32(20-26(25)30-28(31-29)22-11-5-2-6-12-22)18-23-19-33(17-21-9-3-1-4-10-21)27-14-8-7-13-24(23)27/h1,3-4,7-10,13-14,19,22H,2,5-6,11-12,15-18,20H2,(H,30,31,34). The number of nitrogens with one attached hydrogen (secondary N) is 1. The lowest BCUT2D eigenvalue weighted by atomic mass is 9.88. The molecule has 0 amide bonds. The summed E-state index contributed by atoms with van der Waals surface area (Å²) in [5, 5.41) is 1.31. The van der Waals surface area contributed by atoms with Crippen molar-refractivity contribution in [3.05, 3.63) is 99.4 Å². The summed E-state index contributed by atoms with van der Waals surface area (Å²) in [6.07, 6.45) is 9.16. The summed E-state index contributed by atoms with van der Waals surface area (Å²) in [6.45, 7) is 3.37. The molecule has 0 spiro atoms. The van der Waals surface area contributed by atoms with Crippen LogP contribution >= 0.6 is 0 Å². The van der Waals surface area contributed by atoms with Crippen LogP contribution in [0.15, 0.2) is 65.6 Å².